The molecule has 0 atom stereocenters. The van der Waals surface area contributed by atoms with Crippen molar-refractivity contribution in [1.29, 1.82) is 0 Å². The van der Waals surface area contributed by atoms with Gasteiger partial charge in [-0.2, -0.15) is 0 Å². The lowest BCUT2D eigenvalue weighted by Crippen LogP contribution is -2.02. The summed E-state index contributed by atoms with van der Waals surface area (Å²) >= 11 is 0. The third kappa shape index (κ3) is 2.82. The Kier molecular flexibility index (Phi) is 3.89. The van der Waals surface area contributed by atoms with E-state index >= 15 is 0 Å². The number of aryl methyl sites for hydroxylation is 1. The molecule has 0 aliphatic rings. The second kappa shape index (κ2) is 4.96. The molecule has 0 saturated heterocycles. The highest BCUT2D eigenvalue weighted by Gasteiger charge is 2.11. The number of hydrogen-bond acceptors (Lipinski definition) is 1. The number of aromatic carboxylic acids is 1. The first kappa shape index (κ1) is 11.8. The fourth-order valence-electron chi connectivity index (χ4n) is 1.93. The Morgan fingerprint density at radius 2 is 1.87 bits per heavy atom. The molecule has 2 heteroatoms. The smallest absolute Gasteiger partial charge is 0.335 e. The SMILES string of the molecule is CCC(CC)c1cc(C)cc(C(=O)O)c1. The van der Waals surface area contributed by atoms with Gasteiger partial charge in [0.1, 0.15) is 0 Å². The lowest BCUT2D eigenvalue weighted by Gasteiger charge is -2.14. The molecule has 0 unspecified atom stereocenters. The van der Waals surface area contributed by atoms with E-state index in [4.69, 9.17) is 5.11 Å². The number of carboxylic acid groups (broad SMARTS) is 1. The minimum Gasteiger partial charge on any atom is -0.478 e. The van der Waals surface area contributed by atoms with E-state index in [2.05, 4.69) is 19.9 Å². The molecule has 0 heterocycles. The fraction of sp³-hybridized carbons (Fsp3) is 0.462. The zero-order valence-corrected chi connectivity index (χ0v) is 9.58. The summed E-state index contributed by atoms with van der Waals surface area (Å²) < 4.78 is 0. The van der Waals surface area contributed by atoms with Gasteiger partial charge in [0.05, 0.1) is 5.56 Å². The quantitative estimate of drug-likeness (QED) is 0.817. The Morgan fingerprint density at radius 1 is 1.27 bits per heavy atom. The molecule has 1 N–H and O–H groups in total. The summed E-state index contributed by atoms with van der Waals surface area (Å²) in [5, 5.41) is 8.96. The first-order chi connectivity index (χ1) is 7.08. The summed E-state index contributed by atoms with van der Waals surface area (Å²) in [5.74, 6) is -0.367. The van der Waals surface area contributed by atoms with Gasteiger partial charge in [0.15, 0.2) is 0 Å². The molecular weight excluding hydrogens is 188 g/mol. The third-order valence-electron chi connectivity index (χ3n) is 2.80. The number of hydrogen-bond donors (Lipinski definition) is 1. The van der Waals surface area contributed by atoms with Crippen LogP contribution in [0.15, 0.2) is 18.2 Å². The van der Waals surface area contributed by atoms with E-state index in [0.717, 1.165) is 24.0 Å². The molecule has 0 saturated carbocycles. The van der Waals surface area contributed by atoms with Crippen LogP contribution in [-0.2, 0) is 0 Å². The molecule has 1 rings (SSSR count). The van der Waals surface area contributed by atoms with Crippen LogP contribution in [0.25, 0.3) is 0 Å². The number of rotatable bonds is 4. The number of benzene rings is 1. The number of carbonyl (C=O) groups is 1. The van der Waals surface area contributed by atoms with Crippen LogP contribution in [0.4, 0.5) is 0 Å². The van der Waals surface area contributed by atoms with Crippen molar-refractivity contribution in [2.45, 2.75) is 39.5 Å². The first-order valence-corrected chi connectivity index (χ1v) is 5.43. The Labute approximate surface area is 90.9 Å². The van der Waals surface area contributed by atoms with Gasteiger partial charge in [0.2, 0.25) is 0 Å². The molecule has 15 heavy (non-hydrogen) atoms. The molecule has 0 aliphatic carbocycles. The lowest BCUT2D eigenvalue weighted by atomic mass is 9.91. The van der Waals surface area contributed by atoms with Crippen LogP contribution in [-0.4, -0.2) is 11.1 Å². The molecule has 2 nitrogen and oxygen atoms in total. The summed E-state index contributed by atoms with van der Waals surface area (Å²) in [6.07, 6.45) is 2.11. The van der Waals surface area contributed by atoms with Crippen LogP contribution in [0.5, 0.6) is 0 Å². The predicted molar refractivity (Wildman–Crippen MR) is 61.5 cm³/mol. The molecule has 0 amide bonds. The van der Waals surface area contributed by atoms with Crippen LogP contribution in [0, 0.1) is 6.92 Å². The van der Waals surface area contributed by atoms with E-state index < -0.39 is 5.97 Å². The maximum Gasteiger partial charge on any atom is 0.335 e. The van der Waals surface area contributed by atoms with Crippen molar-refractivity contribution in [3.8, 4) is 0 Å². The molecule has 0 radical (unpaired) electrons. The Hall–Kier alpha value is -1.31. The highest BCUT2D eigenvalue weighted by atomic mass is 16.4. The van der Waals surface area contributed by atoms with Crippen molar-refractivity contribution in [2.75, 3.05) is 0 Å². The monoisotopic (exact) mass is 206 g/mol. The molecular formula is C13H18O2. The normalized spacial score (nSPS) is 10.7. The van der Waals surface area contributed by atoms with E-state index in [-0.39, 0.29) is 0 Å². The molecule has 0 fully saturated rings. The average Bonchev–Trinajstić information content (AvgIpc) is 2.18. The number of carboxylic acids is 1. The summed E-state index contributed by atoms with van der Waals surface area (Å²) in [5.41, 5.74) is 2.58. The highest BCUT2D eigenvalue weighted by molar-refractivity contribution is 5.88. The van der Waals surface area contributed by atoms with Gasteiger partial charge >= 0.3 is 5.97 Å². The standard InChI is InChI=1S/C13H18O2/c1-4-10(5-2)11-6-9(3)7-12(8-11)13(14)15/h6-8,10H,4-5H2,1-3H3,(H,14,15). The van der Waals surface area contributed by atoms with Gasteiger partial charge in [-0.1, -0.05) is 19.9 Å². The summed E-state index contributed by atoms with van der Waals surface area (Å²) in [4.78, 5) is 10.9. The predicted octanol–water partition coefficient (Wildman–Crippen LogP) is 3.60. The van der Waals surface area contributed by atoms with E-state index in [1.54, 1.807) is 12.1 Å². The second-order valence-electron chi connectivity index (χ2n) is 3.95. The van der Waals surface area contributed by atoms with E-state index in [0.29, 0.717) is 11.5 Å². The summed E-state index contributed by atoms with van der Waals surface area (Å²) in [6.45, 7) is 6.21. The van der Waals surface area contributed by atoms with Crippen molar-refractivity contribution in [1.82, 2.24) is 0 Å². The minimum atomic E-state index is -0.842. The zero-order valence-electron chi connectivity index (χ0n) is 9.58. The largest absolute Gasteiger partial charge is 0.478 e. The van der Waals surface area contributed by atoms with Crippen LogP contribution in [0.1, 0.15) is 54.1 Å². The van der Waals surface area contributed by atoms with Gasteiger partial charge in [-0.05, 0) is 48.9 Å². The topological polar surface area (TPSA) is 37.3 Å². The van der Waals surface area contributed by atoms with Crippen LogP contribution in [0.2, 0.25) is 0 Å². The summed E-state index contributed by atoms with van der Waals surface area (Å²) in [7, 11) is 0. The molecule has 0 aliphatic heterocycles. The molecule has 1 aromatic rings. The van der Waals surface area contributed by atoms with Gasteiger partial charge in [0.25, 0.3) is 0 Å². The van der Waals surface area contributed by atoms with Crippen molar-refractivity contribution < 1.29 is 9.90 Å². The molecule has 0 spiro atoms. The highest BCUT2D eigenvalue weighted by Crippen LogP contribution is 2.24. The van der Waals surface area contributed by atoms with Crippen molar-refractivity contribution >= 4 is 5.97 Å². The Balaban J connectivity index is 3.13. The second-order valence-corrected chi connectivity index (χ2v) is 3.95. The maximum atomic E-state index is 10.9. The van der Waals surface area contributed by atoms with Crippen LogP contribution in [0.3, 0.4) is 0 Å². The molecule has 0 aromatic heterocycles. The molecule has 0 bridgehead atoms. The van der Waals surface area contributed by atoms with Crippen LogP contribution >= 0.6 is 0 Å². The summed E-state index contributed by atoms with van der Waals surface area (Å²) in [6, 6.07) is 5.60. The first-order valence-electron chi connectivity index (χ1n) is 5.43. The zero-order chi connectivity index (χ0) is 11.4. The van der Waals surface area contributed by atoms with Gasteiger partial charge in [-0.25, -0.2) is 4.79 Å². The van der Waals surface area contributed by atoms with Crippen molar-refractivity contribution in [3.63, 3.8) is 0 Å². The van der Waals surface area contributed by atoms with Gasteiger partial charge in [0, 0.05) is 0 Å². The van der Waals surface area contributed by atoms with Gasteiger partial charge < -0.3 is 5.11 Å². The third-order valence-corrected chi connectivity index (χ3v) is 2.80. The van der Waals surface area contributed by atoms with E-state index in [1.807, 2.05) is 6.92 Å². The van der Waals surface area contributed by atoms with Gasteiger partial charge in [-0.3, -0.25) is 0 Å². The molecule has 82 valence electrons. The van der Waals surface area contributed by atoms with E-state index in [9.17, 15) is 4.79 Å². The van der Waals surface area contributed by atoms with Gasteiger partial charge in [-0.15, -0.1) is 0 Å². The van der Waals surface area contributed by atoms with Crippen molar-refractivity contribution in [3.05, 3.63) is 34.9 Å². The average molecular weight is 206 g/mol. The molecule has 1 aromatic carbocycles. The van der Waals surface area contributed by atoms with E-state index in [1.165, 1.54) is 0 Å². The minimum absolute atomic E-state index is 0.400. The Bertz CT molecular complexity index is 352. The van der Waals surface area contributed by atoms with Crippen LogP contribution < -0.4 is 0 Å². The fourth-order valence-corrected chi connectivity index (χ4v) is 1.93. The lowest BCUT2D eigenvalue weighted by molar-refractivity contribution is 0.0696. The Morgan fingerprint density at radius 3 is 2.33 bits per heavy atom. The van der Waals surface area contributed by atoms with Crippen molar-refractivity contribution in [2.24, 2.45) is 0 Å². The maximum absolute atomic E-state index is 10.9.